The number of nitrogens with zero attached hydrogens (tertiary/aromatic N) is 3. The SMILES string of the molecule is C=Cn1cc(CNc2cccc(Cl)c2N(C)C)cn1. The lowest BCUT2D eigenvalue weighted by Gasteiger charge is -2.19. The van der Waals surface area contributed by atoms with Crippen molar-refractivity contribution in [3.8, 4) is 0 Å². The van der Waals surface area contributed by atoms with Gasteiger partial charge in [0.15, 0.2) is 0 Å². The Morgan fingerprint density at radius 2 is 2.26 bits per heavy atom. The minimum absolute atomic E-state index is 0.690. The molecule has 2 rings (SSSR count). The van der Waals surface area contributed by atoms with Crippen LogP contribution in [0.4, 0.5) is 11.4 Å². The van der Waals surface area contributed by atoms with Crippen LogP contribution in [0.3, 0.4) is 0 Å². The van der Waals surface area contributed by atoms with Crippen molar-refractivity contribution >= 4 is 29.2 Å². The van der Waals surface area contributed by atoms with E-state index in [1.807, 2.05) is 49.6 Å². The van der Waals surface area contributed by atoms with Crippen molar-refractivity contribution in [3.05, 3.63) is 47.8 Å². The molecule has 0 amide bonds. The Hall–Kier alpha value is -1.94. The summed E-state index contributed by atoms with van der Waals surface area (Å²) in [5, 5.41) is 8.25. The van der Waals surface area contributed by atoms with Gasteiger partial charge in [0.05, 0.1) is 22.6 Å². The van der Waals surface area contributed by atoms with E-state index in [1.165, 1.54) is 0 Å². The molecule has 0 unspecified atom stereocenters. The molecular weight excluding hydrogens is 260 g/mol. The average molecular weight is 277 g/mol. The second kappa shape index (κ2) is 5.80. The van der Waals surface area contributed by atoms with Gasteiger partial charge in [0, 0.05) is 38.6 Å². The van der Waals surface area contributed by atoms with E-state index in [0.29, 0.717) is 6.54 Å². The number of hydrogen-bond acceptors (Lipinski definition) is 3. The van der Waals surface area contributed by atoms with Crippen LogP contribution in [0.15, 0.2) is 37.2 Å². The van der Waals surface area contributed by atoms with Gasteiger partial charge in [-0.25, -0.2) is 4.68 Å². The second-order valence-corrected chi connectivity index (χ2v) is 4.80. The smallest absolute Gasteiger partial charge is 0.0786 e. The van der Waals surface area contributed by atoms with E-state index in [2.05, 4.69) is 17.0 Å². The topological polar surface area (TPSA) is 33.1 Å². The molecule has 1 heterocycles. The third kappa shape index (κ3) is 3.09. The summed E-state index contributed by atoms with van der Waals surface area (Å²) in [6, 6.07) is 5.84. The molecule has 0 saturated carbocycles. The third-order valence-corrected chi connectivity index (χ3v) is 3.06. The molecule has 100 valence electrons. The highest BCUT2D eigenvalue weighted by Gasteiger charge is 2.08. The molecule has 1 aromatic heterocycles. The molecule has 4 nitrogen and oxygen atoms in total. The molecular formula is C14H17ClN4. The van der Waals surface area contributed by atoms with Gasteiger partial charge < -0.3 is 10.2 Å². The van der Waals surface area contributed by atoms with Crippen LogP contribution in [0.1, 0.15) is 5.56 Å². The van der Waals surface area contributed by atoms with Gasteiger partial charge >= 0.3 is 0 Å². The van der Waals surface area contributed by atoms with Gasteiger partial charge in [-0.2, -0.15) is 5.10 Å². The van der Waals surface area contributed by atoms with Crippen LogP contribution in [0.2, 0.25) is 5.02 Å². The summed E-state index contributed by atoms with van der Waals surface area (Å²) >= 11 is 6.22. The molecule has 0 aliphatic carbocycles. The number of benzene rings is 1. The Labute approximate surface area is 118 Å². The van der Waals surface area contributed by atoms with Crippen LogP contribution in [-0.2, 0) is 6.54 Å². The maximum Gasteiger partial charge on any atom is 0.0786 e. The molecule has 0 aliphatic heterocycles. The molecule has 0 fully saturated rings. The van der Waals surface area contributed by atoms with Gasteiger partial charge in [-0.15, -0.1) is 0 Å². The molecule has 19 heavy (non-hydrogen) atoms. The first-order valence-corrected chi connectivity index (χ1v) is 6.35. The van der Waals surface area contributed by atoms with Crippen molar-refractivity contribution < 1.29 is 0 Å². The van der Waals surface area contributed by atoms with Crippen LogP contribution in [-0.4, -0.2) is 23.9 Å². The Kier molecular flexibility index (Phi) is 4.12. The Morgan fingerprint density at radius 3 is 2.89 bits per heavy atom. The molecule has 5 heteroatoms. The summed E-state index contributed by atoms with van der Waals surface area (Å²) in [5.41, 5.74) is 3.08. The zero-order valence-corrected chi connectivity index (χ0v) is 11.9. The maximum atomic E-state index is 6.22. The van der Waals surface area contributed by atoms with E-state index in [-0.39, 0.29) is 0 Å². The van der Waals surface area contributed by atoms with Gasteiger partial charge in [-0.3, -0.25) is 0 Å². The summed E-state index contributed by atoms with van der Waals surface area (Å²) in [6.07, 6.45) is 5.41. The van der Waals surface area contributed by atoms with Gasteiger partial charge in [0.1, 0.15) is 0 Å². The normalized spacial score (nSPS) is 10.3. The zero-order chi connectivity index (χ0) is 13.8. The molecule has 0 aliphatic rings. The molecule has 0 radical (unpaired) electrons. The number of para-hydroxylation sites is 1. The van der Waals surface area contributed by atoms with E-state index in [9.17, 15) is 0 Å². The number of nitrogens with one attached hydrogen (secondary N) is 1. The Balaban J connectivity index is 2.15. The first-order valence-electron chi connectivity index (χ1n) is 5.97. The van der Waals surface area contributed by atoms with Gasteiger partial charge in [0.2, 0.25) is 0 Å². The standard InChI is InChI=1S/C14H17ClN4/c1-4-19-10-11(9-17-19)8-16-13-7-5-6-12(15)14(13)18(2)3/h4-7,9-10,16H,1,8H2,2-3H3. The lowest BCUT2D eigenvalue weighted by molar-refractivity contribution is 0.936. The Bertz CT molecular complexity index is 575. The van der Waals surface area contributed by atoms with Crippen LogP contribution in [0, 0.1) is 0 Å². The van der Waals surface area contributed by atoms with Crippen molar-refractivity contribution in [3.63, 3.8) is 0 Å². The molecule has 1 N–H and O–H groups in total. The number of anilines is 2. The van der Waals surface area contributed by atoms with Crippen molar-refractivity contribution in [1.29, 1.82) is 0 Å². The summed E-state index contributed by atoms with van der Waals surface area (Å²) in [4.78, 5) is 2.00. The maximum absolute atomic E-state index is 6.22. The van der Waals surface area contributed by atoms with E-state index >= 15 is 0 Å². The van der Waals surface area contributed by atoms with Crippen molar-refractivity contribution in [2.75, 3.05) is 24.3 Å². The van der Waals surface area contributed by atoms with E-state index in [1.54, 1.807) is 10.9 Å². The highest BCUT2D eigenvalue weighted by Crippen LogP contribution is 2.32. The third-order valence-electron chi connectivity index (χ3n) is 2.76. The average Bonchev–Trinajstić information content (AvgIpc) is 2.83. The molecule has 0 bridgehead atoms. The van der Waals surface area contributed by atoms with Crippen molar-refractivity contribution in [2.45, 2.75) is 6.54 Å². The quantitative estimate of drug-likeness (QED) is 0.909. The lowest BCUT2D eigenvalue weighted by atomic mass is 10.2. The lowest BCUT2D eigenvalue weighted by Crippen LogP contribution is -2.12. The number of rotatable bonds is 5. The van der Waals surface area contributed by atoms with Crippen molar-refractivity contribution in [2.24, 2.45) is 0 Å². The zero-order valence-electron chi connectivity index (χ0n) is 11.1. The predicted octanol–water partition coefficient (Wildman–Crippen LogP) is 3.32. The first-order chi connectivity index (χ1) is 9.11. The van der Waals surface area contributed by atoms with Crippen LogP contribution >= 0.6 is 11.6 Å². The van der Waals surface area contributed by atoms with Crippen LogP contribution in [0.5, 0.6) is 0 Å². The fourth-order valence-electron chi connectivity index (χ4n) is 1.88. The van der Waals surface area contributed by atoms with Gasteiger partial charge in [-0.1, -0.05) is 24.2 Å². The number of halogens is 1. The second-order valence-electron chi connectivity index (χ2n) is 4.40. The summed E-state index contributed by atoms with van der Waals surface area (Å²) in [6.45, 7) is 4.36. The minimum Gasteiger partial charge on any atom is -0.379 e. The molecule has 0 spiro atoms. The van der Waals surface area contributed by atoms with E-state index in [0.717, 1.165) is 22.0 Å². The van der Waals surface area contributed by atoms with Crippen LogP contribution in [0.25, 0.3) is 6.20 Å². The summed E-state index contributed by atoms with van der Waals surface area (Å²) in [5.74, 6) is 0. The Morgan fingerprint density at radius 1 is 1.47 bits per heavy atom. The highest BCUT2D eigenvalue weighted by molar-refractivity contribution is 6.34. The largest absolute Gasteiger partial charge is 0.379 e. The first kappa shape index (κ1) is 13.5. The van der Waals surface area contributed by atoms with E-state index in [4.69, 9.17) is 11.6 Å². The fraction of sp³-hybridized carbons (Fsp3) is 0.214. The molecule has 0 saturated heterocycles. The summed E-state index contributed by atoms with van der Waals surface area (Å²) < 4.78 is 1.68. The molecule has 0 atom stereocenters. The van der Waals surface area contributed by atoms with Crippen molar-refractivity contribution in [1.82, 2.24) is 9.78 Å². The highest BCUT2D eigenvalue weighted by atomic mass is 35.5. The van der Waals surface area contributed by atoms with Gasteiger partial charge in [0.25, 0.3) is 0 Å². The minimum atomic E-state index is 0.690. The number of hydrogen-bond donors (Lipinski definition) is 1. The molecule has 1 aromatic carbocycles. The van der Waals surface area contributed by atoms with E-state index < -0.39 is 0 Å². The summed E-state index contributed by atoms with van der Waals surface area (Å²) in [7, 11) is 3.95. The fourth-order valence-corrected chi connectivity index (χ4v) is 2.22. The van der Waals surface area contributed by atoms with Gasteiger partial charge in [-0.05, 0) is 12.1 Å². The monoisotopic (exact) mass is 276 g/mol. The van der Waals surface area contributed by atoms with Crippen LogP contribution < -0.4 is 10.2 Å². The molecule has 2 aromatic rings. The number of aromatic nitrogens is 2. The predicted molar refractivity (Wildman–Crippen MR) is 81.7 cm³/mol.